The Hall–Kier alpha value is -3.27. The number of nitro benzene ring substituents is 1. The highest BCUT2D eigenvalue weighted by atomic mass is 32.2. The van der Waals surface area contributed by atoms with Gasteiger partial charge in [-0.1, -0.05) is 18.2 Å². The van der Waals surface area contributed by atoms with Gasteiger partial charge in [0.2, 0.25) is 0 Å². The van der Waals surface area contributed by atoms with E-state index in [1.165, 1.54) is 31.5 Å². The summed E-state index contributed by atoms with van der Waals surface area (Å²) in [6.45, 7) is 1.40. The van der Waals surface area contributed by atoms with Crippen LogP contribution in [0.3, 0.4) is 0 Å². The van der Waals surface area contributed by atoms with E-state index in [0.29, 0.717) is 17.1 Å². The van der Waals surface area contributed by atoms with Gasteiger partial charge in [-0.25, -0.2) is 8.42 Å². The van der Waals surface area contributed by atoms with Crippen LogP contribution in [0.5, 0.6) is 0 Å². The second kappa shape index (κ2) is 6.56. The molecule has 0 spiro atoms. The van der Waals surface area contributed by atoms with Crippen molar-refractivity contribution < 1.29 is 13.3 Å². The summed E-state index contributed by atoms with van der Waals surface area (Å²) in [5.41, 5.74) is 0.657. The van der Waals surface area contributed by atoms with Crippen LogP contribution < -0.4 is 4.72 Å². The first-order chi connectivity index (χ1) is 12.3. The Morgan fingerprint density at radius 3 is 2.54 bits per heavy atom. The summed E-state index contributed by atoms with van der Waals surface area (Å²) in [4.78, 5) is 10.3. The zero-order chi connectivity index (χ0) is 18.9. The van der Waals surface area contributed by atoms with Crippen LogP contribution in [0.2, 0.25) is 0 Å². The Kier molecular flexibility index (Phi) is 4.43. The highest BCUT2D eigenvalue weighted by Crippen LogP contribution is 2.30. The molecule has 0 saturated heterocycles. The van der Waals surface area contributed by atoms with Crippen LogP contribution in [-0.4, -0.2) is 28.1 Å². The monoisotopic (exact) mass is 373 g/mol. The molecule has 3 rings (SSSR count). The van der Waals surface area contributed by atoms with Crippen LogP contribution in [0.1, 0.15) is 5.56 Å². The van der Waals surface area contributed by atoms with Crippen LogP contribution in [0.15, 0.2) is 53.7 Å². The SMILES string of the molecule is Cc1c([N+](=O)[O-])cccc1S(=O)(=O)Nc1ccccc1-c1nncn1C. The number of para-hydroxylation sites is 1. The number of nitrogens with one attached hydrogen (secondary N) is 1. The number of aryl methyl sites for hydroxylation is 1. The summed E-state index contributed by atoms with van der Waals surface area (Å²) in [5, 5.41) is 18.9. The average molecular weight is 373 g/mol. The van der Waals surface area contributed by atoms with E-state index >= 15 is 0 Å². The maximum atomic E-state index is 12.8. The minimum atomic E-state index is -4.04. The van der Waals surface area contributed by atoms with E-state index in [9.17, 15) is 18.5 Å². The third kappa shape index (κ3) is 3.14. The van der Waals surface area contributed by atoms with Crippen LogP contribution >= 0.6 is 0 Å². The molecule has 0 aliphatic rings. The normalized spacial score (nSPS) is 11.3. The lowest BCUT2D eigenvalue weighted by Gasteiger charge is -2.13. The van der Waals surface area contributed by atoms with Crippen molar-refractivity contribution in [2.24, 2.45) is 7.05 Å². The van der Waals surface area contributed by atoms with Crippen molar-refractivity contribution in [3.8, 4) is 11.4 Å². The fraction of sp³-hybridized carbons (Fsp3) is 0.125. The highest BCUT2D eigenvalue weighted by molar-refractivity contribution is 7.92. The zero-order valence-electron chi connectivity index (χ0n) is 13.9. The molecule has 26 heavy (non-hydrogen) atoms. The number of aromatic nitrogens is 3. The van der Waals surface area contributed by atoms with Gasteiger partial charge in [0.15, 0.2) is 5.82 Å². The van der Waals surface area contributed by atoms with Crippen molar-refractivity contribution >= 4 is 21.4 Å². The second-order valence-corrected chi connectivity index (χ2v) is 7.22. The summed E-state index contributed by atoms with van der Waals surface area (Å²) in [5.74, 6) is 0.485. The first-order valence-corrected chi connectivity index (χ1v) is 9.00. The van der Waals surface area contributed by atoms with E-state index in [0.717, 1.165) is 0 Å². The summed E-state index contributed by atoms with van der Waals surface area (Å²) in [7, 11) is -2.30. The molecular formula is C16H15N5O4S. The minimum Gasteiger partial charge on any atom is -0.317 e. The molecule has 0 bridgehead atoms. The van der Waals surface area contributed by atoms with Crippen molar-refractivity contribution in [2.75, 3.05) is 4.72 Å². The third-order valence-corrected chi connectivity index (χ3v) is 5.38. The molecule has 9 nitrogen and oxygen atoms in total. The predicted molar refractivity (Wildman–Crippen MR) is 95.1 cm³/mol. The van der Waals surface area contributed by atoms with Crippen molar-refractivity contribution in [2.45, 2.75) is 11.8 Å². The number of hydrogen-bond acceptors (Lipinski definition) is 6. The lowest BCUT2D eigenvalue weighted by Crippen LogP contribution is -2.15. The molecular weight excluding hydrogens is 358 g/mol. The molecule has 0 radical (unpaired) electrons. The van der Waals surface area contributed by atoms with E-state index in [1.807, 2.05) is 0 Å². The van der Waals surface area contributed by atoms with Crippen LogP contribution in [0.4, 0.5) is 11.4 Å². The molecule has 0 aliphatic carbocycles. The highest BCUT2D eigenvalue weighted by Gasteiger charge is 2.24. The number of rotatable bonds is 5. The largest absolute Gasteiger partial charge is 0.317 e. The molecule has 0 amide bonds. The van der Waals surface area contributed by atoms with Gasteiger partial charge in [0.05, 0.1) is 15.5 Å². The van der Waals surface area contributed by atoms with E-state index in [-0.39, 0.29) is 16.1 Å². The molecule has 0 unspecified atom stereocenters. The van der Waals surface area contributed by atoms with Gasteiger partial charge in [-0.15, -0.1) is 10.2 Å². The quantitative estimate of drug-likeness (QED) is 0.542. The third-order valence-electron chi connectivity index (χ3n) is 3.87. The molecule has 1 N–H and O–H groups in total. The number of anilines is 1. The number of hydrogen-bond donors (Lipinski definition) is 1. The maximum absolute atomic E-state index is 12.8. The first-order valence-electron chi connectivity index (χ1n) is 7.51. The number of benzene rings is 2. The molecule has 1 aromatic heterocycles. The second-order valence-electron chi connectivity index (χ2n) is 5.57. The lowest BCUT2D eigenvalue weighted by molar-refractivity contribution is -0.385. The fourth-order valence-corrected chi connectivity index (χ4v) is 3.93. The number of sulfonamides is 1. The molecule has 0 fully saturated rings. The van der Waals surface area contributed by atoms with Gasteiger partial charge in [-0.3, -0.25) is 14.8 Å². The van der Waals surface area contributed by atoms with Crippen LogP contribution in [-0.2, 0) is 17.1 Å². The maximum Gasteiger partial charge on any atom is 0.273 e. The summed E-state index contributed by atoms with van der Waals surface area (Å²) < 4.78 is 29.8. The van der Waals surface area contributed by atoms with Crippen LogP contribution in [0.25, 0.3) is 11.4 Å². The average Bonchev–Trinajstić information content (AvgIpc) is 3.00. The van der Waals surface area contributed by atoms with E-state index < -0.39 is 14.9 Å². The molecule has 0 atom stereocenters. The van der Waals surface area contributed by atoms with Crippen molar-refractivity contribution in [1.29, 1.82) is 0 Å². The lowest BCUT2D eigenvalue weighted by atomic mass is 10.2. The zero-order valence-corrected chi connectivity index (χ0v) is 14.8. The molecule has 0 aliphatic heterocycles. The first kappa shape index (κ1) is 17.5. The molecule has 2 aromatic carbocycles. The number of nitro groups is 1. The Morgan fingerprint density at radius 2 is 1.88 bits per heavy atom. The predicted octanol–water partition coefficient (Wildman–Crippen LogP) is 2.50. The van der Waals surface area contributed by atoms with Gasteiger partial charge >= 0.3 is 0 Å². The Morgan fingerprint density at radius 1 is 1.15 bits per heavy atom. The Balaban J connectivity index is 2.07. The van der Waals surface area contributed by atoms with Crippen molar-refractivity contribution in [1.82, 2.24) is 14.8 Å². The van der Waals surface area contributed by atoms with E-state index in [4.69, 9.17) is 0 Å². The minimum absolute atomic E-state index is 0.0705. The molecule has 3 aromatic rings. The fourth-order valence-electron chi connectivity index (χ4n) is 2.59. The Bertz CT molecular complexity index is 1090. The van der Waals surface area contributed by atoms with Gasteiger partial charge in [-0.2, -0.15) is 0 Å². The molecule has 0 saturated carbocycles. The van der Waals surface area contributed by atoms with Gasteiger partial charge in [0.25, 0.3) is 15.7 Å². The summed E-state index contributed by atoms with van der Waals surface area (Å²) >= 11 is 0. The van der Waals surface area contributed by atoms with Gasteiger partial charge in [0.1, 0.15) is 6.33 Å². The number of nitrogens with zero attached hydrogens (tertiary/aromatic N) is 4. The summed E-state index contributed by atoms with van der Waals surface area (Å²) in [6.07, 6.45) is 1.51. The van der Waals surface area contributed by atoms with Gasteiger partial charge < -0.3 is 4.57 Å². The Labute approximate surface area is 149 Å². The molecule has 10 heteroatoms. The van der Waals surface area contributed by atoms with E-state index in [2.05, 4.69) is 14.9 Å². The van der Waals surface area contributed by atoms with Gasteiger partial charge in [0, 0.05) is 24.2 Å². The van der Waals surface area contributed by atoms with Gasteiger partial charge in [-0.05, 0) is 25.1 Å². The van der Waals surface area contributed by atoms with Crippen molar-refractivity contribution in [3.05, 3.63) is 64.5 Å². The van der Waals surface area contributed by atoms with Crippen molar-refractivity contribution in [3.63, 3.8) is 0 Å². The van der Waals surface area contributed by atoms with E-state index in [1.54, 1.807) is 35.9 Å². The smallest absolute Gasteiger partial charge is 0.273 e. The molecule has 1 heterocycles. The molecule has 134 valence electrons. The van der Waals surface area contributed by atoms with Crippen LogP contribution in [0, 0.1) is 17.0 Å². The summed E-state index contributed by atoms with van der Waals surface area (Å²) in [6, 6.07) is 10.7. The standard InChI is InChI=1S/C16H15N5O4S/c1-11-14(21(22)23)8-5-9-15(11)26(24,25)19-13-7-4-3-6-12(13)16-18-17-10-20(16)2/h3-10,19H,1-2H3. The topological polar surface area (TPSA) is 120 Å².